The number of aliphatic carboxylic acids is 1. The average Bonchev–Trinajstić information content (AvgIpc) is 2.03. The molecule has 7 heteroatoms. The highest BCUT2D eigenvalue weighted by Gasteiger charge is 2.27. The van der Waals surface area contributed by atoms with Gasteiger partial charge in [0.25, 0.3) is 0 Å². The van der Waals surface area contributed by atoms with Crippen molar-refractivity contribution in [3.05, 3.63) is 0 Å². The highest BCUT2D eigenvalue weighted by Crippen LogP contribution is 2.30. The van der Waals surface area contributed by atoms with Gasteiger partial charge in [-0.15, -0.1) is 0 Å². The van der Waals surface area contributed by atoms with Crippen molar-refractivity contribution in [2.75, 3.05) is 18.8 Å². The summed E-state index contributed by atoms with van der Waals surface area (Å²) in [5, 5.41) is 11.0. The molecule has 0 radical (unpaired) electrons. The summed E-state index contributed by atoms with van der Waals surface area (Å²) in [7, 11) is 0. The van der Waals surface area contributed by atoms with Crippen molar-refractivity contribution >= 4 is 17.7 Å². The fourth-order valence-corrected chi connectivity index (χ4v) is 1.01. The molecule has 0 saturated heterocycles. The molecule has 0 atom stereocenters. The van der Waals surface area contributed by atoms with E-state index in [1.807, 2.05) is 0 Å². The lowest BCUT2D eigenvalue weighted by Crippen LogP contribution is -2.09. The minimum atomic E-state index is -4.31. The third-order valence-corrected chi connectivity index (χ3v) is 1.82. The van der Waals surface area contributed by atoms with Gasteiger partial charge in [0.15, 0.2) is 0 Å². The van der Waals surface area contributed by atoms with Gasteiger partial charge in [-0.05, 0) is 13.1 Å². The third-order valence-electron chi connectivity index (χ3n) is 1.08. The van der Waals surface area contributed by atoms with E-state index in [1.165, 1.54) is 0 Å². The van der Waals surface area contributed by atoms with Crippen LogP contribution in [0.25, 0.3) is 0 Å². The molecule has 0 aliphatic rings. The highest BCUT2D eigenvalue weighted by molar-refractivity contribution is 8.00. The first-order valence-electron chi connectivity index (χ1n) is 4.46. The highest BCUT2D eigenvalue weighted by atomic mass is 32.2. The summed E-state index contributed by atoms with van der Waals surface area (Å²) >= 11 is -0.319. The second kappa shape index (κ2) is 10.1. The second-order valence-corrected chi connectivity index (χ2v) is 3.55. The van der Waals surface area contributed by atoms with Crippen LogP contribution >= 0.6 is 11.8 Å². The predicted molar refractivity (Wildman–Crippen MR) is 55.0 cm³/mol. The predicted octanol–water partition coefficient (Wildman–Crippen LogP) is 2.33. The van der Waals surface area contributed by atoms with Crippen molar-refractivity contribution < 1.29 is 23.1 Å². The maximum absolute atomic E-state index is 11.3. The zero-order chi connectivity index (χ0) is 12.3. The van der Waals surface area contributed by atoms with E-state index in [1.54, 1.807) is 0 Å². The van der Waals surface area contributed by atoms with Crippen LogP contribution < -0.4 is 5.32 Å². The Kier molecular flexibility index (Phi) is 11.4. The van der Waals surface area contributed by atoms with Gasteiger partial charge in [-0.2, -0.15) is 13.2 Å². The molecule has 92 valence electrons. The number of rotatable bonds is 5. The Morgan fingerprint density at radius 1 is 1.33 bits per heavy atom. The van der Waals surface area contributed by atoms with E-state index in [0.29, 0.717) is 0 Å². The van der Waals surface area contributed by atoms with Crippen LogP contribution in [0, 0.1) is 0 Å². The first kappa shape index (κ1) is 17.0. The molecule has 0 spiro atoms. The molecule has 0 amide bonds. The fraction of sp³-hybridized carbons (Fsp3) is 0.875. The summed E-state index contributed by atoms with van der Waals surface area (Å²) in [5.41, 5.74) is -4.31. The maximum atomic E-state index is 11.3. The van der Waals surface area contributed by atoms with Crippen molar-refractivity contribution in [2.24, 2.45) is 0 Å². The van der Waals surface area contributed by atoms with Gasteiger partial charge in [0.05, 0.1) is 6.42 Å². The molecule has 0 aliphatic carbocycles. The normalized spacial score (nSPS) is 10.5. The number of hydrogen-bond acceptors (Lipinski definition) is 3. The number of hydrogen-bond donors (Lipinski definition) is 2. The Bertz CT molecular complexity index is 162. The van der Waals surface area contributed by atoms with Crippen LogP contribution in [0.4, 0.5) is 13.2 Å². The molecule has 0 bridgehead atoms. The standard InChI is InChI=1S/C4H5F3O2S.C4H11N/c5-4(6,7)10-2-1-3(8)9;1-3-5-4-2/h1-2H2,(H,8,9);5H,3-4H2,1-2H3. The van der Waals surface area contributed by atoms with Crippen molar-refractivity contribution in [3.63, 3.8) is 0 Å². The lowest BCUT2D eigenvalue weighted by molar-refractivity contribution is -0.136. The van der Waals surface area contributed by atoms with E-state index >= 15 is 0 Å². The van der Waals surface area contributed by atoms with Crippen molar-refractivity contribution in [2.45, 2.75) is 25.8 Å². The Balaban J connectivity index is 0. The molecule has 0 saturated carbocycles. The van der Waals surface area contributed by atoms with Gasteiger partial charge in [0.2, 0.25) is 0 Å². The van der Waals surface area contributed by atoms with Crippen LogP contribution in [0.15, 0.2) is 0 Å². The van der Waals surface area contributed by atoms with E-state index in [4.69, 9.17) is 5.11 Å². The van der Waals surface area contributed by atoms with Gasteiger partial charge >= 0.3 is 11.5 Å². The molecule has 0 heterocycles. The summed E-state index contributed by atoms with van der Waals surface area (Å²) in [4.78, 5) is 9.70. The Morgan fingerprint density at radius 3 is 2.00 bits per heavy atom. The number of carbonyl (C=O) groups is 1. The number of carboxylic acids is 1. The molecule has 0 aliphatic heterocycles. The SMILES string of the molecule is CCNCC.O=C(O)CCSC(F)(F)F. The van der Waals surface area contributed by atoms with Crippen LogP contribution in [0.5, 0.6) is 0 Å². The molecule has 0 unspecified atom stereocenters. The third kappa shape index (κ3) is 24.7. The van der Waals surface area contributed by atoms with E-state index < -0.39 is 23.7 Å². The van der Waals surface area contributed by atoms with Gasteiger partial charge in [-0.25, -0.2) is 0 Å². The average molecular weight is 247 g/mol. The monoisotopic (exact) mass is 247 g/mol. The smallest absolute Gasteiger partial charge is 0.441 e. The van der Waals surface area contributed by atoms with Crippen molar-refractivity contribution in [1.82, 2.24) is 5.32 Å². The molecule has 0 fully saturated rings. The summed E-state index contributed by atoms with van der Waals surface area (Å²) in [6.45, 7) is 6.39. The van der Waals surface area contributed by atoms with Gasteiger partial charge in [0, 0.05) is 5.75 Å². The zero-order valence-corrected chi connectivity index (χ0v) is 9.54. The second-order valence-electron chi connectivity index (χ2n) is 2.40. The Labute approximate surface area is 91.4 Å². The molecule has 0 rings (SSSR count). The maximum Gasteiger partial charge on any atom is 0.441 e. The molecule has 3 nitrogen and oxygen atoms in total. The van der Waals surface area contributed by atoms with Gasteiger partial charge in [-0.3, -0.25) is 4.79 Å². The van der Waals surface area contributed by atoms with Gasteiger partial charge < -0.3 is 10.4 Å². The molecule has 2 N–H and O–H groups in total. The first-order valence-corrected chi connectivity index (χ1v) is 5.45. The zero-order valence-electron chi connectivity index (χ0n) is 8.73. The van der Waals surface area contributed by atoms with Crippen LogP contribution in [0.2, 0.25) is 0 Å². The largest absolute Gasteiger partial charge is 0.481 e. The van der Waals surface area contributed by atoms with Crippen molar-refractivity contribution in [3.8, 4) is 0 Å². The summed E-state index contributed by atoms with van der Waals surface area (Å²) < 4.78 is 33.8. The lowest BCUT2D eigenvalue weighted by Gasteiger charge is -2.01. The first-order chi connectivity index (χ1) is 6.83. The minimum Gasteiger partial charge on any atom is -0.481 e. The van der Waals surface area contributed by atoms with E-state index in [2.05, 4.69) is 19.2 Å². The number of carboxylic acid groups (broad SMARTS) is 1. The van der Waals surface area contributed by atoms with E-state index in [9.17, 15) is 18.0 Å². The van der Waals surface area contributed by atoms with Crippen LogP contribution in [0.1, 0.15) is 20.3 Å². The lowest BCUT2D eigenvalue weighted by atomic mass is 10.5. The number of thioether (sulfide) groups is 1. The van der Waals surface area contributed by atoms with E-state index in [-0.39, 0.29) is 11.8 Å². The quantitative estimate of drug-likeness (QED) is 0.783. The van der Waals surface area contributed by atoms with Crippen LogP contribution in [-0.2, 0) is 4.79 Å². The fourth-order valence-electron chi connectivity index (χ4n) is 0.504. The summed E-state index contributed by atoms with van der Waals surface area (Å²) in [6, 6.07) is 0. The number of nitrogens with one attached hydrogen (secondary N) is 1. The van der Waals surface area contributed by atoms with E-state index in [0.717, 1.165) is 13.1 Å². The Morgan fingerprint density at radius 2 is 1.80 bits per heavy atom. The molecule has 0 aromatic carbocycles. The molecular weight excluding hydrogens is 231 g/mol. The molecule has 15 heavy (non-hydrogen) atoms. The summed E-state index contributed by atoms with van der Waals surface area (Å²) in [6.07, 6.45) is -0.454. The minimum absolute atomic E-state index is 0.319. The van der Waals surface area contributed by atoms with Gasteiger partial charge in [-0.1, -0.05) is 25.6 Å². The molecule has 0 aromatic rings. The van der Waals surface area contributed by atoms with Crippen LogP contribution in [0.3, 0.4) is 0 Å². The van der Waals surface area contributed by atoms with Crippen LogP contribution in [-0.4, -0.2) is 35.4 Å². The molecule has 0 aromatic heterocycles. The van der Waals surface area contributed by atoms with Gasteiger partial charge in [0.1, 0.15) is 0 Å². The summed E-state index contributed by atoms with van der Waals surface area (Å²) in [5.74, 6) is -1.63. The number of alkyl halides is 3. The topological polar surface area (TPSA) is 49.3 Å². The van der Waals surface area contributed by atoms with Crippen molar-refractivity contribution in [1.29, 1.82) is 0 Å². The molecular formula is C8H16F3NO2S. The Hall–Kier alpha value is -0.430. The number of halogens is 3.